The zero-order valence-electron chi connectivity index (χ0n) is 21.9. The van der Waals surface area contributed by atoms with Crippen LogP contribution in [0.1, 0.15) is 92.8 Å². The number of nitrogens with one attached hydrogen (secondary N) is 1. The first-order valence-corrected chi connectivity index (χ1v) is 13.5. The van der Waals surface area contributed by atoms with E-state index in [2.05, 4.69) is 43.1 Å². The molecule has 188 valence electrons. The van der Waals surface area contributed by atoms with E-state index in [0.29, 0.717) is 24.1 Å². The molecule has 1 aliphatic heterocycles. The Balaban J connectivity index is 1.55. The van der Waals surface area contributed by atoms with Gasteiger partial charge in [0.25, 0.3) is 5.91 Å². The van der Waals surface area contributed by atoms with Crippen molar-refractivity contribution in [3.05, 3.63) is 58.7 Å². The van der Waals surface area contributed by atoms with E-state index >= 15 is 0 Å². The highest BCUT2D eigenvalue weighted by atomic mass is 16.2. The van der Waals surface area contributed by atoms with Gasteiger partial charge in [-0.15, -0.1) is 0 Å². The Labute approximate surface area is 210 Å². The number of rotatable bonds is 8. The minimum absolute atomic E-state index is 0.104. The summed E-state index contributed by atoms with van der Waals surface area (Å²) in [5, 5.41) is 3.07. The third kappa shape index (κ3) is 5.95. The van der Waals surface area contributed by atoms with Gasteiger partial charge in [-0.05, 0) is 80.5 Å². The Bertz CT molecular complexity index is 1060. The molecule has 2 aromatic carbocycles. The summed E-state index contributed by atoms with van der Waals surface area (Å²) >= 11 is 0. The molecule has 2 amide bonds. The normalized spacial score (nSPS) is 16.6. The van der Waals surface area contributed by atoms with Crippen LogP contribution in [0, 0.1) is 0 Å². The van der Waals surface area contributed by atoms with Crippen LogP contribution in [0.5, 0.6) is 0 Å². The molecule has 5 heteroatoms. The zero-order valence-corrected chi connectivity index (χ0v) is 21.9. The molecule has 1 saturated carbocycles. The molecule has 35 heavy (non-hydrogen) atoms. The summed E-state index contributed by atoms with van der Waals surface area (Å²) in [5.41, 5.74) is 6.06. The lowest BCUT2D eigenvalue weighted by molar-refractivity contribution is -0.118. The van der Waals surface area contributed by atoms with E-state index in [1.165, 1.54) is 43.2 Å². The van der Waals surface area contributed by atoms with Gasteiger partial charge in [0.15, 0.2) is 0 Å². The molecule has 1 heterocycles. The van der Waals surface area contributed by atoms with Crippen LogP contribution < -0.4 is 10.2 Å². The van der Waals surface area contributed by atoms with Crippen LogP contribution >= 0.6 is 0 Å². The summed E-state index contributed by atoms with van der Waals surface area (Å²) in [6.45, 7) is 7.69. The largest absolute Gasteiger partial charge is 0.322 e. The average Bonchev–Trinajstić information content (AvgIpc) is 2.86. The Morgan fingerprint density at radius 3 is 2.54 bits per heavy atom. The van der Waals surface area contributed by atoms with Crippen LogP contribution in [0.25, 0.3) is 0 Å². The van der Waals surface area contributed by atoms with E-state index in [4.69, 9.17) is 0 Å². The van der Waals surface area contributed by atoms with Gasteiger partial charge >= 0.3 is 0 Å². The van der Waals surface area contributed by atoms with Gasteiger partial charge in [-0.25, -0.2) is 0 Å². The lowest BCUT2D eigenvalue weighted by Gasteiger charge is -2.38. The van der Waals surface area contributed by atoms with Crippen molar-refractivity contribution in [2.75, 3.05) is 17.3 Å². The molecule has 1 aliphatic carbocycles. The second-order valence-corrected chi connectivity index (χ2v) is 10.5. The lowest BCUT2D eigenvalue weighted by atomic mass is 9.92. The number of nitrogens with zero attached hydrogens (tertiary/aromatic N) is 2. The molecule has 1 fully saturated rings. The molecule has 0 bridgehead atoms. The van der Waals surface area contributed by atoms with Gasteiger partial charge in [-0.3, -0.25) is 14.5 Å². The fraction of sp³-hybridized carbons (Fsp3) is 0.533. The van der Waals surface area contributed by atoms with E-state index < -0.39 is 0 Å². The molecule has 1 N–H and O–H groups in total. The fourth-order valence-electron chi connectivity index (χ4n) is 5.68. The van der Waals surface area contributed by atoms with E-state index in [9.17, 15) is 9.59 Å². The van der Waals surface area contributed by atoms with Crippen LogP contribution in [0.4, 0.5) is 11.4 Å². The molecule has 2 aromatic rings. The molecule has 0 atom stereocenters. The number of carbonyl (C=O) groups excluding carboxylic acids is 2. The summed E-state index contributed by atoms with van der Waals surface area (Å²) < 4.78 is 0. The standard InChI is InChI=1S/C30H41N3O2/c1-5-9-22-12-13-24(18-25(22)20-33(21(2)3)27-10-7-6-8-11-27)30(35)31-26-16-14-23-15-17-29(34)32(4)28(23)19-26/h12-14,16,18-19,21,27H,5-11,15,17,20H2,1-4H3,(H,31,35). The first-order chi connectivity index (χ1) is 16.9. The fourth-order valence-corrected chi connectivity index (χ4v) is 5.68. The Morgan fingerprint density at radius 1 is 1.06 bits per heavy atom. The Kier molecular flexibility index (Phi) is 8.27. The van der Waals surface area contributed by atoms with Crippen molar-refractivity contribution in [1.29, 1.82) is 0 Å². The second-order valence-electron chi connectivity index (χ2n) is 10.5. The quantitative estimate of drug-likeness (QED) is 0.484. The topological polar surface area (TPSA) is 52.7 Å². The molecular weight excluding hydrogens is 434 g/mol. The van der Waals surface area contributed by atoms with Crippen LogP contribution in [0.3, 0.4) is 0 Å². The summed E-state index contributed by atoms with van der Waals surface area (Å²) in [7, 11) is 1.80. The van der Waals surface area contributed by atoms with Crippen molar-refractivity contribution < 1.29 is 9.59 Å². The van der Waals surface area contributed by atoms with Crippen molar-refractivity contribution in [3.8, 4) is 0 Å². The van der Waals surface area contributed by atoms with Gasteiger partial charge in [-0.1, -0.05) is 44.7 Å². The number of aryl methyl sites for hydroxylation is 2. The van der Waals surface area contributed by atoms with Gasteiger partial charge < -0.3 is 10.2 Å². The van der Waals surface area contributed by atoms with Crippen LogP contribution in [-0.2, 0) is 24.2 Å². The lowest BCUT2D eigenvalue weighted by Crippen LogP contribution is -2.41. The maximum absolute atomic E-state index is 13.3. The van der Waals surface area contributed by atoms with Crippen molar-refractivity contribution in [3.63, 3.8) is 0 Å². The molecule has 0 saturated heterocycles. The average molecular weight is 476 g/mol. The Hall–Kier alpha value is -2.66. The number of fused-ring (bicyclic) bond motifs is 1. The van der Waals surface area contributed by atoms with Crippen LogP contribution in [0.2, 0.25) is 0 Å². The van der Waals surface area contributed by atoms with Crippen molar-refractivity contribution in [2.24, 2.45) is 0 Å². The minimum Gasteiger partial charge on any atom is -0.322 e. The number of carbonyl (C=O) groups is 2. The smallest absolute Gasteiger partial charge is 0.255 e. The highest BCUT2D eigenvalue weighted by Crippen LogP contribution is 2.30. The van der Waals surface area contributed by atoms with E-state index in [-0.39, 0.29) is 11.8 Å². The van der Waals surface area contributed by atoms with Gasteiger partial charge in [0, 0.05) is 49.0 Å². The molecule has 0 radical (unpaired) electrons. The summed E-state index contributed by atoms with van der Waals surface area (Å²) in [5.74, 6) is 0.0117. The molecule has 2 aliphatic rings. The van der Waals surface area contributed by atoms with E-state index in [0.717, 1.165) is 42.7 Å². The molecule has 0 aromatic heterocycles. The zero-order chi connectivity index (χ0) is 24.9. The van der Waals surface area contributed by atoms with Crippen LogP contribution in [-0.4, -0.2) is 35.8 Å². The third-order valence-electron chi connectivity index (χ3n) is 7.73. The molecule has 0 spiro atoms. The minimum atomic E-state index is -0.104. The highest BCUT2D eigenvalue weighted by Gasteiger charge is 2.25. The highest BCUT2D eigenvalue weighted by molar-refractivity contribution is 6.05. The number of anilines is 2. The predicted octanol–water partition coefficient (Wildman–Crippen LogP) is 6.34. The Morgan fingerprint density at radius 2 is 1.83 bits per heavy atom. The maximum Gasteiger partial charge on any atom is 0.255 e. The maximum atomic E-state index is 13.3. The SMILES string of the molecule is CCCc1ccc(C(=O)Nc2ccc3c(c2)N(C)C(=O)CC3)cc1CN(C(C)C)C1CCCCC1. The number of hydrogen-bond acceptors (Lipinski definition) is 3. The van der Waals surface area contributed by atoms with E-state index in [1.807, 2.05) is 24.3 Å². The van der Waals surface area contributed by atoms with Crippen LogP contribution in [0.15, 0.2) is 36.4 Å². The monoisotopic (exact) mass is 475 g/mol. The summed E-state index contributed by atoms with van der Waals surface area (Å²) in [4.78, 5) is 29.7. The number of hydrogen-bond donors (Lipinski definition) is 1. The second kappa shape index (κ2) is 11.4. The number of amides is 2. The van der Waals surface area contributed by atoms with Crippen molar-refractivity contribution in [1.82, 2.24) is 4.90 Å². The van der Waals surface area contributed by atoms with Crippen molar-refractivity contribution in [2.45, 2.75) is 97.2 Å². The van der Waals surface area contributed by atoms with Gasteiger partial charge in [0.05, 0.1) is 0 Å². The first-order valence-electron chi connectivity index (χ1n) is 13.5. The van der Waals surface area contributed by atoms with E-state index in [1.54, 1.807) is 11.9 Å². The number of benzene rings is 2. The molecule has 4 rings (SSSR count). The molecule has 0 unspecified atom stereocenters. The van der Waals surface area contributed by atoms with Gasteiger partial charge in [0.2, 0.25) is 5.91 Å². The molecule has 5 nitrogen and oxygen atoms in total. The first kappa shape index (κ1) is 25.4. The third-order valence-corrected chi connectivity index (χ3v) is 7.73. The van der Waals surface area contributed by atoms with Gasteiger partial charge in [-0.2, -0.15) is 0 Å². The summed E-state index contributed by atoms with van der Waals surface area (Å²) in [6.07, 6.45) is 9.95. The predicted molar refractivity (Wildman–Crippen MR) is 144 cm³/mol. The van der Waals surface area contributed by atoms with Gasteiger partial charge in [0.1, 0.15) is 0 Å². The summed E-state index contributed by atoms with van der Waals surface area (Å²) in [6, 6.07) is 13.2. The molecular formula is C30H41N3O2. The van der Waals surface area contributed by atoms with Crippen molar-refractivity contribution >= 4 is 23.2 Å².